The second kappa shape index (κ2) is 9.69. The molecule has 4 nitrogen and oxygen atoms in total. The van der Waals surface area contributed by atoms with Gasteiger partial charge in [-0.15, -0.1) is 11.8 Å². The van der Waals surface area contributed by atoms with E-state index in [-0.39, 0.29) is 11.9 Å². The maximum Gasteiger partial charge on any atom is 0.330 e. The SMILES string of the molecule is CCOC(=O)/C=C/c1ccc(NC(=O)c2ccccc2SCC)cc1. The van der Waals surface area contributed by atoms with Gasteiger partial charge in [0.25, 0.3) is 5.91 Å². The Hall–Kier alpha value is -2.53. The average Bonchev–Trinajstić information content (AvgIpc) is 2.62. The van der Waals surface area contributed by atoms with Crippen molar-refractivity contribution in [2.24, 2.45) is 0 Å². The Morgan fingerprint density at radius 1 is 1.08 bits per heavy atom. The van der Waals surface area contributed by atoms with Crippen LogP contribution in [0.1, 0.15) is 29.8 Å². The molecule has 0 unspecified atom stereocenters. The first-order valence-electron chi connectivity index (χ1n) is 8.12. The molecule has 0 atom stereocenters. The van der Waals surface area contributed by atoms with Gasteiger partial charge in [0.15, 0.2) is 0 Å². The van der Waals surface area contributed by atoms with Gasteiger partial charge in [-0.3, -0.25) is 4.79 Å². The zero-order chi connectivity index (χ0) is 18.1. The Morgan fingerprint density at radius 3 is 2.48 bits per heavy atom. The average molecular weight is 355 g/mol. The summed E-state index contributed by atoms with van der Waals surface area (Å²) in [4.78, 5) is 24.8. The highest BCUT2D eigenvalue weighted by atomic mass is 32.2. The van der Waals surface area contributed by atoms with Crippen LogP contribution in [0.3, 0.4) is 0 Å². The van der Waals surface area contributed by atoms with Crippen LogP contribution in [0.2, 0.25) is 0 Å². The zero-order valence-corrected chi connectivity index (χ0v) is 15.1. The molecule has 2 aromatic rings. The van der Waals surface area contributed by atoms with Crippen LogP contribution in [0.5, 0.6) is 0 Å². The second-order valence-corrected chi connectivity index (χ2v) is 6.40. The number of hydrogen-bond acceptors (Lipinski definition) is 4. The van der Waals surface area contributed by atoms with E-state index in [1.165, 1.54) is 6.08 Å². The summed E-state index contributed by atoms with van der Waals surface area (Å²) in [6.45, 7) is 4.17. The molecule has 0 saturated carbocycles. The minimum absolute atomic E-state index is 0.133. The van der Waals surface area contributed by atoms with E-state index in [2.05, 4.69) is 12.2 Å². The molecule has 25 heavy (non-hydrogen) atoms. The lowest BCUT2D eigenvalue weighted by molar-refractivity contribution is -0.137. The highest BCUT2D eigenvalue weighted by Gasteiger charge is 2.11. The summed E-state index contributed by atoms with van der Waals surface area (Å²) in [7, 11) is 0. The van der Waals surface area contributed by atoms with Crippen molar-refractivity contribution in [1.82, 2.24) is 0 Å². The van der Waals surface area contributed by atoms with E-state index in [1.807, 2.05) is 36.4 Å². The van der Waals surface area contributed by atoms with E-state index in [0.717, 1.165) is 16.2 Å². The molecule has 1 N–H and O–H groups in total. The molecule has 0 bridgehead atoms. The van der Waals surface area contributed by atoms with E-state index in [1.54, 1.807) is 36.9 Å². The van der Waals surface area contributed by atoms with Crippen molar-refractivity contribution in [2.75, 3.05) is 17.7 Å². The molecular formula is C20H21NO3S. The summed E-state index contributed by atoms with van der Waals surface area (Å²) in [6.07, 6.45) is 3.06. The lowest BCUT2D eigenvalue weighted by Gasteiger charge is -2.09. The molecular weight excluding hydrogens is 334 g/mol. The van der Waals surface area contributed by atoms with Gasteiger partial charge in [-0.1, -0.05) is 31.2 Å². The maximum atomic E-state index is 12.5. The van der Waals surface area contributed by atoms with Crippen LogP contribution in [0.15, 0.2) is 59.5 Å². The molecule has 0 spiro atoms. The minimum Gasteiger partial charge on any atom is -0.463 e. The van der Waals surface area contributed by atoms with E-state index >= 15 is 0 Å². The van der Waals surface area contributed by atoms with E-state index in [4.69, 9.17) is 4.74 Å². The molecule has 0 heterocycles. The monoisotopic (exact) mass is 355 g/mol. The Kier molecular flexibility index (Phi) is 7.29. The molecule has 0 radical (unpaired) electrons. The number of thioether (sulfide) groups is 1. The molecule has 0 aliphatic heterocycles. The summed E-state index contributed by atoms with van der Waals surface area (Å²) in [6, 6.07) is 14.8. The number of esters is 1. The van der Waals surface area contributed by atoms with Crippen molar-refractivity contribution in [3.63, 3.8) is 0 Å². The third-order valence-corrected chi connectivity index (χ3v) is 4.25. The van der Waals surface area contributed by atoms with Gasteiger partial charge >= 0.3 is 5.97 Å². The van der Waals surface area contributed by atoms with Crippen molar-refractivity contribution in [2.45, 2.75) is 18.7 Å². The first-order chi connectivity index (χ1) is 12.1. The molecule has 0 aromatic heterocycles. The van der Waals surface area contributed by atoms with Gasteiger partial charge in [-0.2, -0.15) is 0 Å². The summed E-state index contributed by atoms with van der Waals surface area (Å²) in [5.74, 6) is 0.405. The highest BCUT2D eigenvalue weighted by Crippen LogP contribution is 2.23. The summed E-state index contributed by atoms with van der Waals surface area (Å²) in [5, 5.41) is 2.90. The first kappa shape index (κ1) is 18.8. The quantitative estimate of drug-likeness (QED) is 0.447. The van der Waals surface area contributed by atoms with Gasteiger partial charge in [0, 0.05) is 16.7 Å². The molecule has 0 fully saturated rings. The lowest BCUT2D eigenvalue weighted by Crippen LogP contribution is -2.12. The van der Waals surface area contributed by atoms with Crippen LogP contribution in [-0.4, -0.2) is 24.2 Å². The number of ether oxygens (including phenoxy) is 1. The molecule has 0 aliphatic rings. The van der Waals surface area contributed by atoms with E-state index < -0.39 is 0 Å². The maximum absolute atomic E-state index is 12.5. The number of hydrogen-bond donors (Lipinski definition) is 1. The van der Waals surface area contributed by atoms with Crippen LogP contribution in [0.4, 0.5) is 5.69 Å². The van der Waals surface area contributed by atoms with Crippen LogP contribution in [-0.2, 0) is 9.53 Å². The van der Waals surface area contributed by atoms with Crippen LogP contribution < -0.4 is 5.32 Å². The number of carbonyl (C=O) groups is 2. The predicted octanol–water partition coefficient (Wildman–Crippen LogP) is 4.63. The standard InChI is InChI=1S/C20H21NO3S/c1-3-24-19(22)14-11-15-9-12-16(13-10-15)21-20(23)17-7-5-6-8-18(17)25-4-2/h5-14H,3-4H2,1-2H3,(H,21,23)/b14-11+. The number of amides is 1. The third kappa shape index (κ3) is 5.80. The van der Waals surface area contributed by atoms with Crippen molar-refractivity contribution in [3.05, 3.63) is 65.7 Å². The van der Waals surface area contributed by atoms with Crippen molar-refractivity contribution in [1.29, 1.82) is 0 Å². The topological polar surface area (TPSA) is 55.4 Å². The Bertz CT molecular complexity index is 754. The Balaban J connectivity index is 2.04. The van der Waals surface area contributed by atoms with Gasteiger partial charge in [-0.25, -0.2) is 4.79 Å². The fourth-order valence-electron chi connectivity index (χ4n) is 2.17. The number of carbonyl (C=O) groups excluding carboxylic acids is 2. The normalized spacial score (nSPS) is 10.6. The first-order valence-corrected chi connectivity index (χ1v) is 9.10. The number of nitrogens with one attached hydrogen (secondary N) is 1. The lowest BCUT2D eigenvalue weighted by atomic mass is 10.1. The summed E-state index contributed by atoms with van der Waals surface area (Å²) >= 11 is 1.64. The molecule has 5 heteroatoms. The van der Waals surface area contributed by atoms with Gasteiger partial charge < -0.3 is 10.1 Å². The van der Waals surface area contributed by atoms with Gasteiger partial charge in [0.05, 0.1) is 12.2 Å². The van der Waals surface area contributed by atoms with Gasteiger partial charge in [0.2, 0.25) is 0 Å². The van der Waals surface area contributed by atoms with Crippen molar-refractivity contribution >= 4 is 35.4 Å². The number of rotatable bonds is 7. The van der Waals surface area contributed by atoms with Gasteiger partial charge in [0.1, 0.15) is 0 Å². The fourth-order valence-corrected chi connectivity index (χ4v) is 2.97. The summed E-state index contributed by atoms with van der Waals surface area (Å²) in [5.41, 5.74) is 2.23. The molecule has 0 aliphatic carbocycles. The molecule has 1 amide bonds. The fraction of sp³-hybridized carbons (Fsp3) is 0.200. The van der Waals surface area contributed by atoms with E-state index in [9.17, 15) is 9.59 Å². The highest BCUT2D eigenvalue weighted by molar-refractivity contribution is 7.99. The Morgan fingerprint density at radius 2 is 1.80 bits per heavy atom. The van der Waals surface area contributed by atoms with E-state index in [0.29, 0.717) is 17.9 Å². The summed E-state index contributed by atoms with van der Waals surface area (Å²) < 4.78 is 4.84. The predicted molar refractivity (Wildman–Crippen MR) is 103 cm³/mol. The van der Waals surface area contributed by atoms with Crippen LogP contribution >= 0.6 is 11.8 Å². The Labute approximate surface area is 152 Å². The van der Waals surface area contributed by atoms with Crippen LogP contribution in [0, 0.1) is 0 Å². The molecule has 0 saturated heterocycles. The molecule has 2 rings (SSSR count). The number of benzene rings is 2. The van der Waals surface area contributed by atoms with Gasteiger partial charge in [-0.05, 0) is 48.6 Å². The second-order valence-electron chi connectivity index (χ2n) is 5.09. The van der Waals surface area contributed by atoms with Crippen LogP contribution in [0.25, 0.3) is 6.08 Å². The number of anilines is 1. The smallest absolute Gasteiger partial charge is 0.330 e. The van der Waals surface area contributed by atoms with Crippen molar-refractivity contribution in [3.8, 4) is 0 Å². The third-order valence-electron chi connectivity index (χ3n) is 3.30. The molecule has 2 aromatic carbocycles. The minimum atomic E-state index is -0.370. The van der Waals surface area contributed by atoms with Crippen molar-refractivity contribution < 1.29 is 14.3 Å². The molecule has 130 valence electrons. The largest absolute Gasteiger partial charge is 0.463 e. The zero-order valence-electron chi connectivity index (χ0n) is 14.3.